The van der Waals surface area contributed by atoms with E-state index in [1.54, 1.807) is 0 Å². The monoisotopic (exact) mass is 403 g/mol. The fourth-order valence-corrected chi connectivity index (χ4v) is 5.30. The fourth-order valence-electron chi connectivity index (χ4n) is 5.30. The minimum absolute atomic E-state index is 0.267. The maximum absolute atomic E-state index is 12.0. The molecule has 1 aliphatic heterocycles. The van der Waals surface area contributed by atoms with E-state index in [9.17, 15) is 4.79 Å². The minimum Gasteiger partial charge on any atom is -0.444 e. The summed E-state index contributed by atoms with van der Waals surface area (Å²) in [6, 6.07) is 2.45. The maximum atomic E-state index is 12.0. The van der Waals surface area contributed by atoms with Crippen molar-refractivity contribution in [1.29, 1.82) is 0 Å². The molecular formula is C23H37N3O3. The van der Waals surface area contributed by atoms with E-state index in [4.69, 9.17) is 9.26 Å². The first-order valence-electron chi connectivity index (χ1n) is 11.5. The number of amides is 1. The summed E-state index contributed by atoms with van der Waals surface area (Å²) < 4.78 is 10.8. The van der Waals surface area contributed by atoms with Gasteiger partial charge in [-0.3, -0.25) is 0 Å². The van der Waals surface area contributed by atoms with Gasteiger partial charge in [-0.2, -0.15) is 0 Å². The van der Waals surface area contributed by atoms with Crippen molar-refractivity contribution < 1.29 is 14.1 Å². The van der Waals surface area contributed by atoms with Crippen LogP contribution in [0.15, 0.2) is 10.6 Å². The SMILES string of the molecule is CCc1cc([C@]23C[C@H]2CN(CCC2CCC(NC(=O)OC(C)(C)C)CC2)C3)no1. The topological polar surface area (TPSA) is 67.6 Å². The number of ether oxygens (including phenoxy) is 1. The molecule has 0 radical (unpaired) electrons. The van der Waals surface area contributed by atoms with Crippen LogP contribution in [0.25, 0.3) is 0 Å². The first-order valence-corrected chi connectivity index (χ1v) is 11.5. The molecule has 6 nitrogen and oxygen atoms in total. The number of carbonyl (C=O) groups is 1. The van der Waals surface area contributed by atoms with E-state index in [0.717, 1.165) is 43.4 Å². The third kappa shape index (κ3) is 4.79. The number of hydrogen-bond acceptors (Lipinski definition) is 5. The Labute approximate surface area is 174 Å². The van der Waals surface area contributed by atoms with E-state index in [1.807, 2.05) is 20.8 Å². The number of aryl methyl sites for hydroxylation is 1. The molecule has 2 saturated carbocycles. The molecule has 1 N–H and O–H groups in total. The summed E-state index contributed by atoms with van der Waals surface area (Å²) >= 11 is 0. The summed E-state index contributed by atoms with van der Waals surface area (Å²) in [6.45, 7) is 11.4. The van der Waals surface area contributed by atoms with Crippen molar-refractivity contribution in [3.05, 3.63) is 17.5 Å². The molecule has 0 spiro atoms. The van der Waals surface area contributed by atoms with Crippen LogP contribution < -0.4 is 5.32 Å². The predicted molar refractivity (Wildman–Crippen MR) is 112 cm³/mol. The number of nitrogens with one attached hydrogen (secondary N) is 1. The highest BCUT2D eigenvalue weighted by molar-refractivity contribution is 5.68. The average molecular weight is 404 g/mol. The molecule has 0 bridgehead atoms. The van der Waals surface area contributed by atoms with Gasteiger partial charge in [0.1, 0.15) is 11.4 Å². The van der Waals surface area contributed by atoms with Crippen molar-refractivity contribution in [3.8, 4) is 0 Å². The van der Waals surface area contributed by atoms with E-state index in [-0.39, 0.29) is 17.6 Å². The van der Waals surface area contributed by atoms with Crippen LogP contribution in [0.2, 0.25) is 0 Å². The average Bonchev–Trinajstić information content (AvgIpc) is 3.03. The Morgan fingerprint density at radius 3 is 2.76 bits per heavy atom. The third-order valence-corrected chi connectivity index (χ3v) is 7.06. The van der Waals surface area contributed by atoms with E-state index >= 15 is 0 Å². The molecule has 2 atom stereocenters. The molecule has 2 aliphatic carbocycles. The van der Waals surface area contributed by atoms with Crippen molar-refractivity contribution in [3.63, 3.8) is 0 Å². The molecule has 6 heteroatoms. The van der Waals surface area contributed by atoms with Gasteiger partial charge in [-0.15, -0.1) is 0 Å². The summed E-state index contributed by atoms with van der Waals surface area (Å²) in [6.07, 6.45) is 7.72. The number of piperidine rings is 1. The number of hydrogen-bond donors (Lipinski definition) is 1. The van der Waals surface area contributed by atoms with Crippen LogP contribution in [0.1, 0.15) is 77.7 Å². The second kappa shape index (κ2) is 7.93. The van der Waals surface area contributed by atoms with Gasteiger partial charge in [-0.1, -0.05) is 12.1 Å². The normalized spacial score (nSPS) is 32.1. The van der Waals surface area contributed by atoms with Crippen molar-refractivity contribution in [1.82, 2.24) is 15.4 Å². The highest BCUT2D eigenvalue weighted by atomic mass is 16.6. The Bertz CT molecular complexity index is 717. The van der Waals surface area contributed by atoms with Gasteiger partial charge in [-0.05, 0) is 77.7 Å². The van der Waals surface area contributed by atoms with Gasteiger partial charge in [0.25, 0.3) is 0 Å². The molecular weight excluding hydrogens is 366 g/mol. The van der Waals surface area contributed by atoms with Gasteiger partial charge < -0.3 is 19.5 Å². The van der Waals surface area contributed by atoms with E-state index in [2.05, 4.69) is 28.4 Å². The summed E-state index contributed by atoms with van der Waals surface area (Å²) in [5.74, 6) is 2.56. The zero-order chi connectivity index (χ0) is 20.6. The fraction of sp³-hybridized carbons (Fsp3) is 0.826. The van der Waals surface area contributed by atoms with Crippen LogP contribution in [0.5, 0.6) is 0 Å². The van der Waals surface area contributed by atoms with Crippen molar-refractivity contribution >= 4 is 6.09 Å². The summed E-state index contributed by atoms with van der Waals surface area (Å²) in [5, 5.41) is 7.42. The van der Waals surface area contributed by atoms with E-state index < -0.39 is 5.60 Å². The van der Waals surface area contributed by atoms with Gasteiger partial charge in [0.2, 0.25) is 0 Å². The molecule has 1 aromatic heterocycles. The molecule has 162 valence electrons. The van der Waals surface area contributed by atoms with Crippen LogP contribution >= 0.6 is 0 Å². The van der Waals surface area contributed by atoms with Gasteiger partial charge in [0.15, 0.2) is 0 Å². The standard InChI is InChI=1S/C23H37N3O3/c1-5-19-12-20(25-29-19)23-13-17(23)14-26(15-23)11-10-16-6-8-18(9-7-16)24-21(27)28-22(2,3)4/h12,16-18H,5-11,13-15H2,1-4H3,(H,24,27)/t16?,17-,18?,23-/m0/s1. The van der Waals surface area contributed by atoms with Crippen LogP contribution in [0.4, 0.5) is 4.79 Å². The smallest absolute Gasteiger partial charge is 0.407 e. The van der Waals surface area contributed by atoms with Gasteiger partial charge in [-0.25, -0.2) is 4.79 Å². The van der Waals surface area contributed by atoms with E-state index in [0.29, 0.717) is 0 Å². The molecule has 4 rings (SSSR count). The molecule has 3 aliphatic rings. The lowest BCUT2D eigenvalue weighted by atomic mass is 9.84. The number of alkyl carbamates (subject to hydrolysis) is 1. The van der Waals surface area contributed by atoms with Gasteiger partial charge in [0.05, 0.1) is 5.69 Å². The largest absolute Gasteiger partial charge is 0.444 e. The molecule has 1 amide bonds. The molecule has 1 aromatic rings. The Hall–Kier alpha value is -1.56. The lowest BCUT2D eigenvalue weighted by Crippen LogP contribution is -2.41. The van der Waals surface area contributed by atoms with Crippen molar-refractivity contribution in [2.75, 3.05) is 19.6 Å². The molecule has 2 heterocycles. The zero-order valence-electron chi connectivity index (χ0n) is 18.5. The Balaban J connectivity index is 1.17. The zero-order valence-corrected chi connectivity index (χ0v) is 18.5. The second-order valence-electron chi connectivity index (χ2n) is 10.5. The Morgan fingerprint density at radius 1 is 1.34 bits per heavy atom. The number of aromatic nitrogens is 1. The number of likely N-dealkylation sites (tertiary alicyclic amines) is 1. The molecule has 29 heavy (non-hydrogen) atoms. The maximum Gasteiger partial charge on any atom is 0.407 e. The molecule has 0 unspecified atom stereocenters. The summed E-state index contributed by atoms with van der Waals surface area (Å²) in [5.41, 5.74) is 1.04. The second-order valence-corrected chi connectivity index (χ2v) is 10.5. The van der Waals surface area contributed by atoms with E-state index in [1.165, 1.54) is 44.5 Å². The molecule has 3 fully saturated rings. The number of carbonyl (C=O) groups excluding carboxylic acids is 1. The van der Waals surface area contributed by atoms with Crippen molar-refractivity contribution in [2.24, 2.45) is 11.8 Å². The number of rotatable bonds is 6. The number of fused-ring (bicyclic) bond motifs is 1. The third-order valence-electron chi connectivity index (χ3n) is 7.06. The van der Waals surface area contributed by atoms with Crippen LogP contribution in [0.3, 0.4) is 0 Å². The van der Waals surface area contributed by atoms with Gasteiger partial charge in [0, 0.05) is 37.0 Å². The minimum atomic E-state index is -0.431. The van der Waals surface area contributed by atoms with Crippen LogP contribution in [0, 0.1) is 11.8 Å². The predicted octanol–water partition coefficient (Wildman–Crippen LogP) is 4.28. The summed E-state index contributed by atoms with van der Waals surface area (Å²) in [7, 11) is 0. The first kappa shape index (κ1) is 20.7. The van der Waals surface area contributed by atoms with Crippen LogP contribution in [-0.2, 0) is 16.6 Å². The number of nitrogens with zero attached hydrogens (tertiary/aromatic N) is 2. The molecule has 1 saturated heterocycles. The quantitative estimate of drug-likeness (QED) is 0.768. The Kier molecular flexibility index (Phi) is 5.66. The first-order chi connectivity index (χ1) is 13.8. The Morgan fingerprint density at radius 2 is 2.10 bits per heavy atom. The highest BCUT2D eigenvalue weighted by Crippen LogP contribution is 2.58. The van der Waals surface area contributed by atoms with Gasteiger partial charge >= 0.3 is 6.09 Å². The highest BCUT2D eigenvalue weighted by Gasteiger charge is 2.62. The lowest BCUT2D eigenvalue weighted by Gasteiger charge is -2.31. The van der Waals surface area contributed by atoms with Crippen LogP contribution in [-0.4, -0.2) is 47.4 Å². The lowest BCUT2D eigenvalue weighted by molar-refractivity contribution is 0.0486. The molecule has 0 aromatic carbocycles. The summed E-state index contributed by atoms with van der Waals surface area (Å²) in [4.78, 5) is 14.6. The van der Waals surface area contributed by atoms with Crippen molar-refractivity contribution in [2.45, 2.75) is 89.7 Å².